The fourth-order valence-electron chi connectivity index (χ4n) is 2.83. The largest absolute Gasteiger partial charge is 0.483 e. The van der Waals surface area contributed by atoms with E-state index < -0.39 is 12.0 Å². The minimum atomic E-state index is -0.882. The van der Waals surface area contributed by atoms with Gasteiger partial charge >= 0.3 is 5.97 Å². The Balaban J connectivity index is 2.00. The van der Waals surface area contributed by atoms with E-state index in [1.54, 1.807) is 13.0 Å². The molecule has 0 aromatic heterocycles. The van der Waals surface area contributed by atoms with Crippen LogP contribution in [0.4, 0.5) is 0 Å². The number of nitrogens with one attached hydrogen (secondary N) is 1. The van der Waals surface area contributed by atoms with Crippen LogP contribution in [0.5, 0.6) is 5.75 Å². The Morgan fingerprint density at radius 3 is 2.75 bits per heavy atom. The summed E-state index contributed by atoms with van der Waals surface area (Å²) in [6.45, 7) is 6.20. The van der Waals surface area contributed by atoms with Crippen molar-refractivity contribution in [1.29, 1.82) is 0 Å². The van der Waals surface area contributed by atoms with Gasteiger partial charge in [0, 0.05) is 13.1 Å². The van der Waals surface area contributed by atoms with Gasteiger partial charge in [-0.1, -0.05) is 19.9 Å². The first-order chi connectivity index (χ1) is 13.3. The molecule has 1 N–H and O–H groups in total. The number of carbonyl (C=O) groups is 3. The van der Waals surface area contributed by atoms with Crippen molar-refractivity contribution in [1.82, 2.24) is 10.2 Å². The van der Waals surface area contributed by atoms with E-state index >= 15 is 0 Å². The molecule has 154 valence electrons. The van der Waals surface area contributed by atoms with Crippen LogP contribution in [0.25, 0.3) is 0 Å². The summed E-state index contributed by atoms with van der Waals surface area (Å²) in [6.07, 6.45) is 1.19. The average Bonchev–Trinajstić information content (AvgIpc) is 2.68. The Labute approximate surface area is 173 Å². The molecular weight excluding hydrogens is 428 g/mol. The average molecular weight is 455 g/mol. The van der Waals surface area contributed by atoms with Crippen LogP contribution in [-0.2, 0) is 25.5 Å². The maximum atomic E-state index is 12.7. The molecule has 1 saturated heterocycles. The molecule has 8 heteroatoms. The van der Waals surface area contributed by atoms with E-state index in [1.165, 1.54) is 4.90 Å². The van der Waals surface area contributed by atoms with Gasteiger partial charge in [0.15, 0.2) is 6.61 Å². The Kier molecular flexibility index (Phi) is 8.29. The second kappa shape index (κ2) is 10.5. The first-order valence-corrected chi connectivity index (χ1v) is 10.3. The van der Waals surface area contributed by atoms with Gasteiger partial charge in [0.1, 0.15) is 11.8 Å². The molecule has 1 aliphatic rings. The van der Waals surface area contributed by atoms with E-state index in [0.29, 0.717) is 25.3 Å². The maximum absolute atomic E-state index is 12.7. The Bertz CT molecular complexity index is 725. The topological polar surface area (TPSA) is 84.9 Å². The van der Waals surface area contributed by atoms with Gasteiger partial charge in [-0.2, -0.15) is 0 Å². The number of amides is 2. The number of ether oxygens (including phenoxy) is 2. The number of piperazine rings is 1. The van der Waals surface area contributed by atoms with Crippen molar-refractivity contribution in [2.24, 2.45) is 0 Å². The number of hydrogen-bond acceptors (Lipinski definition) is 5. The third-order valence-corrected chi connectivity index (χ3v) is 5.29. The lowest BCUT2D eigenvalue weighted by molar-refractivity contribution is -0.155. The van der Waals surface area contributed by atoms with Gasteiger partial charge in [0.2, 0.25) is 5.91 Å². The first kappa shape index (κ1) is 22.2. The van der Waals surface area contributed by atoms with Crippen molar-refractivity contribution in [3.63, 3.8) is 0 Å². The molecule has 2 atom stereocenters. The van der Waals surface area contributed by atoms with Crippen molar-refractivity contribution in [3.05, 3.63) is 28.2 Å². The van der Waals surface area contributed by atoms with Crippen molar-refractivity contribution < 1.29 is 23.9 Å². The quantitative estimate of drug-likeness (QED) is 0.609. The highest BCUT2D eigenvalue weighted by Crippen LogP contribution is 2.26. The van der Waals surface area contributed by atoms with Gasteiger partial charge in [-0.15, -0.1) is 0 Å². The van der Waals surface area contributed by atoms with E-state index in [9.17, 15) is 14.4 Å². The summed E-state index contributed by atoms with van der Waals surface area (Å²) in [5.74, 6) is -0.635. The Morgan fingerprint density at radius 2 is 2.11 bits per heavy atom. The van der Waals surface area contributed by atoms with Gasteiger partial charge in [-0.3, -0.25) is 14.4 Å². The van der Waals surface area contributed by atoms with E-state index in [1.807, 2.05) is 19.1 Å². The number of carbonyl (C=O) groups excluding carboxylic acids is 3. The molecule has 2 unspecified atom stereocenters. The standard InChI is InChI=1S/C20H27BrN2O5/c1-4-13(3)28-19(25)11-16-20(26)22-8-9-23(16)18(24)12-27-17-7-6-14(5-2)10-15(17)21/h6-7,10,13,16H,4-5,8-9,11-12H2,1-3H3,(H,22,26). The van der Waals surface area contributed by atoms with E-state index in [-0.39, 0.29) is 30.9 Å². The number of aryl methyl sites for hydroxylation is 1. The van der Waals surface area contributed by atoms with Crippen LogP contribution in [0.2, 0.25) is 0 Å². The first-order valence-electron chi connectivity index (χ1n) is 9.53. The predicted molar refractivity (Wildman–Crippen MR) is 108 cm³/mol. The SMILES string of the molecule is CCc1ccc(OCC(=O)N2CCNC(=O)C2CC(=O)OC(C)CC)c(Br)c1. The summed E-state index contributed by atoms with van der Waals surface area (Å²) >= 11 is 3.44. The zero-order chi connectivity index (χ0) is 20.7. The molecule has 0 bridgehead atoms. The summed E-state index contributed by atoms with van der Waals surface area (Å²) in [6, 6.07) is 4.81. The second-order valence-corrected chi connectivity index (χ2v) is 7.57. The monoisotopic (exact) mass is 454 g/mol. The smallest absolute Gasteiger partial charge is 0.308 e. The van der Waals surface area contributed by atoms with E-state index in [4.69, 9.17) is 9.47 Å². The van der Waals surface area contributed by atoms with Crippen LogP contribution in [0, 0.1) is 0 Å². The molecule has 1 aromatic carbocycles. The van der Waals surface area contributed by atoms with Gasteiger partial charge in [-0.05, 0) is 53.4 Å². The highest BCUT2D eigenvalue weighted by atomic mass is 79.9. The van der Waals surface area contributed by atoms with Crippen LogP contribution in [-0.4, -0.2) is 54.5 Å². The summed E-state index contributed by atoms with van der Waals surface area (Å²) in [4.78, 5) is 38.4. The van der Waals surface area contributed by atoms with E-state index in [0.717, 1.165) is 16.5 Å². The van der Waals surface area contributed by atoms with Crippen LogP contribution >= 0.6 is 15.9 Å². The summed E-state index contributed by atoms with van der Waals surface area (Å²) in [5, 5.41) is 2.70. The molecule has 0 aliphatic carbocycles. The fraction of sp³-hybridized carbons (Fsp3) is 0.550. The van der Waals surface area contributed by atoms with Crippen molar-refractivity contribution in [3.8, 4) is 5.75 Å². The van der Waals surface area contributed by atoms with Crippen molar-refractivity contribution in [2.45, 2.75) is 52.2 Å². The molecule has 0 spiro atoms. The molecule has 0 radical (unpaired) electrons. The molecule has 2 rings (SSSR count). The number of rotatable bonds is 8. The van der Waals surface area contributed by atoms with E-state index in [2.05, 4.69) is 28.2 Å². The molecular formula is C20H27BrN2O5. The lowest BCUT2D eigenvalue weighted by Gasteiger charge is -2.34. The molecule has 1 aliphatic heterocycles. The predicted octanol–water partition coefficient (Wildman–Crippen LogP) is 2.45. The lowest BCUT2D eigenvalue weighted by Crippen LogP contribution is -2.58. The zero-order valence-electron chi connectivity index (χ0n) is 16.5. The molecule has 1 heterocycles. The Morgan fingerprint density at radius 1 is 1.36 bits per heavy atom. The number of nitrogens with zero attached hydrogens (tertiary/aromatic N) is 1. The highest BCUT2D eigenvalue weighted by Gasteiger charge is 2.35. The van der Waals surface area contributed by atoms with Gasteiger partial charge in [-0.25, -0.2) is 0 Å². The number of esters is 1. The number of benzene rings is 1. The van der Waals surface area contributed by atoms with Crippen molar-refractivity contribution >= 4 is 33.7 Å². The molecule has 0 saturated carbocycles. The number of halogens is 1. The molecule has 28 heavy (non-hydrogen) atoms. The van der Waals surface area contributed by atoms with Gasteiger partial charge in [0.25, 0.3) is 5.91 Å². The highest BCUT2D eigenvalue weighted by molar-refractivity contribution is 9.10. The van der Waals surface area contributed by atoms with Crippen LogP contribution in [0.3, 0.4) is 0 Å². The summed E-state index contributed by atoms with van der Waals surface area (Å²) < 4.78 is 11.7. The van der Waals surface area contributed by atoms with Crippen molar-refractivity contribution in [2.75, 3.05) is 19.7 Å². The minimum Gasteiger partial charge on any atom is -0.483 e. The molecule has 7 nitrogen and oxygen atoms in total. The summed E-state index contributed by atoms with van der Waals surface area (Å²) in [7, 11) is 0. The third kappa shape index (κ3) is 5.95. The maximum Gasteiger partial charge on any atom is 0.308 e. The Hall–Kier alpha value is -2.09. The minimum absolute atomic E-state index is 0.170. The van der Waals surface area contributed by atoms with Gasteiger partial charge in [0.05, 0.1) is 17.0 Å². The second-order valence-electron chi connectivity index (χ2n) is 6.71. The van der Waals surface area contributed by atoms with Gasteiger partial charge < -0.3 is 19.7 Å². The zero-order valence-corrected chi connectivity index (χ0v) is 18.1. The summed E-state index contributed by atoms with van der Waals surface area (Å²) in [5.41, 5.74) is 1.15. The van der Waals surface area contributed by atoms with Crippen LogP contribution in [0.15, 0.2) is 22.7 Å². The third-order valence-electron chi connectivity index (χ3n) is 4.67. The number of hydrogen-bond donors (Lipinski definition) is 1. The lowest BCUT2D eigenvalue weighted by atomic mass is 10.1. The molecule has 2 amide bonds. The molecule has 1 fully saturated rings. The van der Waals surface area contributed by atoms with Crippen LogP contribution in [0.1, 0.15) is 39.2 Å². The van der Waals surface area contributed by atoms with Crippen LogP contribution < -0.4 is 10.1 Å². The fourth-order valence-corrected chi connectivity index (χ4v) is 3.37. The molecule has 1 aromatic rings. The normalized spacial score (nSPS) is 17.6.